The van der Waals surface area contributed by atoms with Gasteiger partial charge in [0.15, 0.2) is 16.5 Å². The zero-order valence-electron chi connectivity index (χ0n) is 21.8. The molecule has 17 nitrogen and oxygen atoms in total. The molecule has 4 aromatic rings. The van der Waals surface area contributed by atoms with Crippen molar-refractivity contribution in [2.24, 2.45) is 20.5 Å². The fourth-order valence-corrected chi connectivity index (χ4v) is 6.21. The highest BCUT2D eigenvalue weighted by Gasteiger charge is 2.28. The molecule has 6 N–H and O–H groups in total. The number of phenolic OH excluding ortho intramolecular Hbond substituents is 1. The summed E-state index contributed by atoms with van der Waals surface area (Å²) < 4.78 is 124. The van der Waals surface area contributed by atoms with Gasteiger partial charge < -0.3 is 10.8 Å². The summed E-state index contributed by atoms with van der Waals surface area (Å²) in [6.07, 6.45) is 0. The second-order valence-electron chi connectivity index (χ2n) is 8.88. The fraction of sp³-hybridized carbons (Fsp3) is 0.0435. The zero-order chi connectivity index (χ0) is 32.8. The van der Waals surface area contributed by atoms with Crippen LogP contribution in [0.1, 0.15) is 5.56 Å². The average Bonchev–Trinajstić information content (AvgIpc) is 2.90. The predicted octanol–water partition coefficient (Wildman–Crippen LogP) is 3.98. The molecule has 0 saturated heterocycles. The van der Waals surface area contributed by atoms with Gasteiger partial charge in [-0.15, -0.1) is 15.3 Å². The van der Waals surface area contributed by atoms with Crippen molar-refractivity contribution in [2.45, 2.75) is 26.5 Å². The predicted molar refractivity (Wildman–Crippen MR) is 154 cm³/mol. The number of benzene rings is 4. The molecule has 0 saturated carbocycles. The molecule has 21 heteroatoms. The Morgan fingerprint density at radius 3 is 1.73 bits per heavy atom. The Morgan fingerprint density at radius 2 is 1.20 bits per heavy atom. The first kappa shape index (κ1) is 32.5. The summed E-state index contributed by atoms with van der Waals surface area (Å²) in [5.41, 5.74) is 3.71. The lowest BCUT2D eigenvalue weighted by Gasteiger charge is -2.14. The van der Waals surface area contributed by atoms with Gasteiger partial charge in [-0.2, -0.15) is 30.4 Å². The number of aryl methyl sites for hydroxylation is 1. The van der Waals surface area contributed by atoms with E-state index in [9.17, 15) is 52.4 Å². The molecule has 0 spiro atoms. The van der Waals surface area contributed by atoms with E-state index < -0.39 is 95.0 Å². The van der Waals surface area contributed by atoms with Crippen molar-refractivity contribution in [3.05, 3.63) is 60.2 Å². The molecule has 0 amide bonds. The Labute approximate surface area is 250 Å². The number of nitrogens with two attached hydrogens (primary N) is 1. The standard InChI is InChI=1S/C23H19N5O12S4/c1-11-2-7-16(42(32,33)34)15(8-11)26-28-22-18(44(38,39)40)10-12-9-17(43(35,36)37)21(20(24)19(12)23(22)29)27-25-13-3-5-14(6-4-13)41(30)31/h2-10,29,41H,24H2,1H3,(H,32,33,34)(H,35,36,37)(H,38,39,40). The molecule has 0 fully saturated rings. The smallest absolute Gasteiger partial charge is 0.296 e. The van der Waals surface area contributed by atoms with E-state index in [1.807, 2.05) is 0 Å². The maximum absolute atomic E-state index is 12.2. The number of thiol groups is 1. The van der Waals surface area contributed by atoms with Crippen LogP contribution in [0, 0.1) is 6.92 Å². The monoisotopic (exact) mass is 685 g/mol. The number of fused-ring (bicyclic) bond motifs is 1. The molecule has 4 aromatic carbocycles. The van der Waals surface area contributed by atoms with E-state index in [1.165, 1.54) is 37.3 Å². The maximum Gasteiger partial charge on any atom is 0.296 e. The van der Waals surface area contributed by atoms with Gasteiger partial charge in [0.25, 0.3) is 30.4 Å². The number of aromatic hydroxyl groups is 1. The Morgan fingerprint density at radius 1 is 0.682 bits per heavy atom. The molecule has 0 aliphatic carbocycles. The molecular formula is C23H19N5O12S4. The normalized spacial score (nSPS) is 13.0. The Balaban J connectivity index is 2.03. The van der Waals surface area contributed by atoms with E-state index >= 15 is 0 Å². The first-order valence-electron chi connectivity index (χ1n) is 11.5. The minimum atomic E-state index is -5.25. The van der Waals surface area contributed by atoms with Crippen LogP contribution in [0.2, 0.25) is 0 Å². The topological polar surface area (TPSA) is 293 Å². The van der Waals surface area contributed by atoms with Crippen LogP contribution in [0.4, 0.5) is 28.4 Å². The number of nitrogen functional groups attached to an aromatic ring is 1. The van der Waals surface area contributed by atoms with Crippen molar-refractivity contribution in [3.8, 4) is 5.75 Å². The first-order valence-corrected chi connectivity index (χ1v) is 17.0. The number of hydrogen-bond acceptors (Lipinski definition) is 14. The Bertz CT molecular complexity index is 2310. The van der Waals surface area contributed by atoms with E-state index in [2.05, 4.69) is 20.5 Å². The highest BCUT2D eigenvalue weighted by atomic mass is 32.2. The molecule has 0 bridgehead atoms. The third kappa shape index (κ3) is 6.72. The van der Waals surface area contributed by atoms with Gasteiger partial charge in [0.05, 0.1) is 21.7 Å². The maximum atomic E-state index is 12.2. The number of azo groups is 2. The van der Waals surface area contributed by atoms with E-state index in [-0.39, 0.29) is 10.6 Å². The zero-order valence-corrected chi connectivity index (χ0v) is 25.1. The van der Waals surface area contributed by atoms with Crippen molar-refractivity contribution in [1.29, 1.82) is 0 Å². The molecule has 0 aliphatic heterocycles. The summed E-state index contributed by atoms with van der Waals surface area (Å²) in [4.78, 5) is -2.90. The van der Waals surface area contributed by atoms with Crippen LogP contribution in [0.25, 0.3) is 10.8 Å². The van der Waals surface area contributed by atoms with Crippen molar-refractivity contribution in [2.75, 3.05) is 5.73 Å². The SMILES string of the molecule is Cc1ccc(S(=O)(=O)O)c(N=Nc2c(S(=O)(=O)O)cc3cc(S(=O)(=O)O)c(N=Nc4ccc([SH](=O)=O)cc4)c(N)c3c2O)c1. The first-order chi connectivity index (χ1) is 20.3. The van der Waals surface area contributed by atoms with Crippen LogP contribution in [-0.4, -0.2) is 52.4 Å². The van der Waals surface area contributed by atoms with Gasteiger partial charge >= 0.3 is 0 Å². The number of nitrogens with zero attached hydrogens (tertiary/aromatic N) is 4. The van der Waals surface area contributed by atoms with Crippen molar-refractivity contribution in [3.63, 3.8) is 0 Å². The van der Waals surface area contributed by atoms with E-state index in [0.29, 0.717) is 17.7 Å². The van der Waals surface area contributed by atoms with Gasteiger partial charge in [-0.25, -0.2) is 8.42 Å². The fourth-order valence-electron chi connectivity index (χ4n) is 3.88. The largest absolute Gasteiger partial charge is 0.505 e. The van der Waals surface area contributed by atoms with Crippen LogP contribution in [0.3, 0.4) is 0 Å². The molecular weight excluding hydrogens is 667 g/mol. The summed E-state index contributed by atoms with van der Waals surface area (Å²) in [6.45, 7) is 1.53. The molecule has 0 unspecified atom stereocenters. The number of rotatable bonds is 8. The second kappa shape index (κ2) is 11.6. The average molecular weight is 686 g/mol. The van der Waals surface area contributed by atoms with Gasteiger partial charge in [-0.05, 0) is 66.4 Å². The summed E-state index contributed by atoms with van der Waals surface area (Å²) in [6, 6.07) is 9.57. The van der Waals surface area contributed by atoms with Crippen LogP contribution < -0.4 is 5.73 Å². The quantitative estimate of drug-likeness (QED) is 0.0663. The van der Waals surface area contributed by atoms with Gasteiger partial charge in [0.1, 0.15) is 31.7 Å². The third-order valence-corrected chi connectivity index (χ3v) is 9.20. The van der Waals surface area contributed by atoms with E-state index in [0.717, 1.165) is 12.1 Å². The van der Waals surface area contributed by atoms with E-state index in [1.54, 1.807) is 0 Å². The highest BCUT2D eigenvalue weighted by Crippen LogP contribution is 2.48. The molecule has 4 rings (SSSR count). The van der Waals surface area contributed by atoms with Crippen LogP contribution >= 0.6 is 0 Å². The number of phenols is 1. The Hall–Kier alpha value is -4.38. The molecule has 232 valence electrons. The van der Waals surface area contributed by atoms with Gasteiger partial charge in [-0.3, -0.25) is 13.7 Å². The van der Waals surface area contributed by atoms with Crippen LogP contribution in [-0.2, 0) is 41.1 Å². The van der Waals surface area contributed by atoms with E-state index in [4.69, 9.17) is 5.73 Å². The molecule has 0 aromatic heterocycles. The van der Waals surface area contributed by atoms with Gasteiger partial charge in [0, 0.05) is 0 Å². The number of anilines is 1. The molecule has 0 aliphatic rings. The number of hydrogen-bond donors (Lipinski definition) is 6. The Kier molecular flexibility index (Phi) is 8.58. The van der Waals surface area contributed by atoms with Gasteiger partial charge in [0.2, 0.25) is 0 Å². The van der Waals surface area contributed by atoms with Crippen molar-refractivity contribution >= 4 is 80.3 Å². The lowest BCUT2D eigenvalue weighted by atomic mass is 10.1. The molecule has 0 heterocycles. The lowest BCUT2D eigenvalue weighted by Crippen LogP contribution is -2.03. The van der Waals surface area contributed by atoms with Crippen LogP contribution in [0.5, 0.6) is 5.75 Å². The van der Waals surface area contributed by atoms with Crippen LogP contribution in [0.15, 0.2) is 94.6 Å². The summed E-state index contributed by atoms with van der Waals surface area (Å²) >= 11 is 0. The van der Waals surface area contributed by atoms with Crippen molar-refractivity contribution in [1.82, 2.24) is 0 Å². The third-order valence-electron chi connectivity index (χ3n) is 5.85. The molecule has 0 atom stereocenters. The highest BCUT2D eigenvalue weighted by molar-refractivity contribution is 7.86. The molecule has 44 heavy (non-hydrogen) atoms. The second-order valence-corrected chi connectivity index (χ2v) is 14.1. The van der Waals surface area contributed by atoms with Gasteiger partial charge in [-0.1, -0.05) is 6.07 Å². The summed E-state index contributed by atoms with van der Waals surface area (Å²) in [5, 5.41) is 24.9. The minimum Gasteiger partial charge on any atom is -0.505 e. The molecule has 0 radical (unpaired) electrons. The summed E-state index contributed by atoms with van der Waals surface area (Å²) in [5.74, 6) is -1.10. The van der Waals surface area contributed by atoms with Crippen molar-refractivity contribution < 1.29 is 52.4 Å². The lowest BCUT2D eigenvalue weighted by molar-refractivity contribution is 0.472. The summed E-state index contributed by atoms with van der Waals surface area (Å²) in [7, 11) is -18.1. The minimum absolute atomic E-state index is 0.0135.